The maximum atomic E-state index is 11.9. The molecule has 1 aromatic carbocycles. The molecular formula is C12H14N4O. The largest absolute Gasteiger partial charge is 0.399 e. The van der Waals surface area contributed by atoms with Crippen molar-refractivity contribution < 1.29 is 4.79 Å². The number of hydrogen-bond acceptors (Lipinski definition) is 3. The first kappa shape index (κ1) is 11.2. The number of aryl methyl sites for hydroxylation is 2. The SMILES string of the molecule is Cc1cc(C(=O)Nc2ccnn2C)ccc1N. The molecule has 0 radical (unpaired) electrons. The van der Waals surface area contributed by atoms with Crippen molar-refractivity contribution in [2.45, 2.75) is 6.92 Å². The summed E-state index contributed by atoms with van der Waals surface area (Å²) in [7, 11) is 1.77. The van der Waals surface area contributed by atoms with E-state index in [0.717, 1.165) is 5.56 Å². The summed E-state index contributed by atoms with van der Waals surface area (Å²) in [6.07, 6.45) is 1.63. The van der Waals surface area contributed by atoms with E-state index in [2.05, 4.69) is 10.4 Å². The molecule has 0 saturated heterocycles. The summed E-state index contributed by atoms with van der Waals surface area (Å²) >= 11 is 0. The van der Waals surface area contributed by atoms with Crippen LogP contribution in [0.3, 0.4) is 0 Å². The van der Waals surface area contributed by atoms with Crippen molar-refractivity contribution in [1.29, 1.82) is 0 Å². The van der Waals surface area contributed by atoms with Crippen LogP contribution in [0.15, 0.2) is 30.5 Å². The van der Waals surface area contributed by atoms with Gasteiger partial charge in [-0.1, -0.05) is 0 Å². The number of carbonyl (C=O) groups is 1. The number of nitrogen functional groups attached to an aromatic ring is 1. The van der Waals surface area contributed by atoms with Gasteiger partial charge in [-0.15, -0.1) is 0 Å². The average molecular weight is 230 g/mol. The van der Waals surface area contributed by atoms with Gasteiger partial charge < -0.3 is 11.1 Å². The van der Waals surface area contributed by atoms with E-state index < -0.39 is 0 Å². The monoisotopic (exact) mass is 230 g/mol. The maximum Gasteiger partial charge on any atom is 0.256 e. The third-order valence-electron chi connectivity index (χ3n) is 2.59. The predicted molar refractivity (Wildman–Crippen MR) is 66.8 cm³/mol. The molecular weight excluding hydrogens is 216 g/mol. The van der Waals surface area contributed by atoms with Crippen LogP contribution in [-0.2, 0) is 7.05 Å². The number of carbonyl (C=O) groups excluding carboxylic acids is 1. The molecule has 3 N–H and O–H groups in total. The molecule has 0 spiro atoms. The highest BCUT2D eigenvalue weighted by Crippen LogP contribution is 2.14. The van der Waals surface area contributed by atoms with Gasteiger partial charge in [-0.05, 0) is 30.7 Å². The van der Waals surface area contributed by atoms with Crippen molar-refractivity contribution in [2.75, 3.05) is 11.1 Å². The van der Waals surface area contributed by atoms with E-state index in [4.69, 9.17) is 5.73 Å². The van der Waals surface area contributed by atoms with Crippen LogP contribution in [0.25, 0.3) is 0 Å². The van der Waals surface area contributed by atoms with Crippen LogP contribution in [0.4, 0.5) is 11.5 Å². The molecule has 1 amide bonds. The zero-order valence-electron chi connectivity index (χ0n) is 9.77. The van der Waals surface area contributed by atoms with Gasteiger partial charge in [0.05, 0.1) is 6.20 Å². The van der Waals surface area contributed by atoms with E-state index >= 15 is 0 Å². The van der Waals surface area contributed by atoms with Gasteiger partial charge in [-0.25, -0.2) is 0 Å². The summed E-state index contributed by atoms with van der Waals surface area (Å²) in [5.74, 6) is 0.487. The summed E-state index contributed by atoms with van der Waals surface area (Å²) in [6.45, 7) is 1.87. The number of nitrogens with zero attached hydrogens (tertiary/aromatic N) is 2. The molecule has 0 saturated carbocycles. The number of rotatable bonds is 2. The Morgan fingerprint density at radius 1 is 1.41 bits per heavy atom. The summed E-state index contributed by atoms with van der Waals surface area (Å²) in [6, 6.07) is 6.94. The lowest BCUT2D eigenvalue weighted by molar-refractivity contribution is 0.102. The molecule has 0 aliphatic rings. The van der Waals surface area contributed by atoms with Crippen molar-refractivity contribution >= 4 is 17.4 Å². The van der Waals surface area contributed by atoms with Crippen molar-refractivity contribution in [3.8, 4) is 0 Å². The van der Waals surface area contributed by atoms with E-state index in [-0.39, 0.29) is 5.91 Å². The summed E-state index contributed by atoms with van der Waals surface area (Å²) in [5, 5.41) is 6.75. The Morgan fingerprint density at radius 2 is 2.18 bits per heavy atom. The molecule has 0 bridgehead atoms. The first-order valence-corrected chi connectivity index (χ1v) is 5.23. The normalized spacial score (nSPS) is 10.2. The number of nitrogens with two attached hydrogens (primary N) is 1. The van der Waals surface area contributed by atoms with Crippen molar-refractivity contribution in [1.82, 2.24) is 9.78 Å². The van der Waals surface area contributed by atoms with E-state index in [1.54, 1.807) is 42.2 Å². The first-order valence-electron chi connectivity index (χ1n) is 5.23. The van der Waals surface area contributed by atoms with E-state index in [1.165, 1.54) is 0 Å². The van der Waals surface area contributed by atoms with Gasteiger partial charge in [0, 0.05) is 24.4 Å². The second-order valence-corrected chi connectivity index (χ2v) is 3.87. The van der Waals surface area contributed by atoms with Crippen molar-refractivity contribution in [3.05, 3.63) is 41.6 Å². The van der Waals surface area contributed by atoms with Crippen LogP contribution in [0.5, 0.6) is 0 Å². The number of anilines is 2. The Bertz CT molecular complexity index is 559. The molecule has 5 heteroatoms. The molecule has 2 rings (SSSR count). The Kier molecular flexibility index (Phi) is 2.82. The predicted octanol–water partition coefficient (Wildman–Crippen LogP) is 1.56. The van der Waals surface area contributed by atoms with Gasteiger partial charge in [0.25, 0.3) is 5.91 Å². The van der Waals surface area contributed by atoms with Gasteiger partial charge in [0.1, 0.15) is 5.82 Å². The molecule has 0 aliphatic heterocycles. The highest BCUT2D eigenvalue weighted by molar-refractivity contribution is 6.04. The first-order chi connectivity index (χ1) is 8.08. The third kappa shape index (κ3) is 2.28. The highest BCUT2D eigenvalue weighted by atomic mass is 16.1. The number of aromatic nitrogens is 2. The van der Waals surface area contributed by atoms with Gasteiger partial charge in [0.2, 0.25) is 0 Å². The fraction of sp³-hybridized carbons (Fsp3) is 0.167. The number of nitrogens with one attached hydrogen (secondary N) is 1. The van der Waals surface area contributed by atoms with E-state index in [1.807, 2.05) is 6.92 Å². The summed E-state index contributed by atoms with van der Waals surface area (Å²) < 4.78 is 1.60. The van der Waals surface area contributed by atoms with Crippen molar-refractivity contribution in [2.24, 2.45) is 7.05 Å². The molecule has 1 aromatic heterocycles. The molecule has 0 aliphatic carbocycles. The van der Waals surface area contributed by atoms with Crippen molar-refractivity contribution in [3.63, 3.8) is 0 Å². The van der Waals surface area contributed by atoms with E-state index in [0.29, 0.717) is 17.1 Å². The highest BCUT2D eigenvalue weighted by Gasteiger charge is 2.08. The molecule has 5 nitrogen and oxygen atoms in total. The van der Waals surface area contributed by atoms with E-state index in [9.17, 15) is 4.79 Å². The van der Waals surface area contributed by atoms with Crippen LogP contribution in [0, 0.1) is 6.92 Å². The lowest BCUT2D eigenvalue weighted by Gasteiger charge is -2.07. The molecule has 2 aromatic rings. The zero-order chi connectivity index (χ0) is 12.4. The van der Waals surface area contributed by atoms with Gasteiger partial charge in [-0.3, -0.25) is 9.48 Å². The Hall–Kier alpha value is -2.30. The van der Waals surface area contributed by atoms with Crippen LogP contribution in [0.1, 0.15) is 15.9 Å². The van der Waals surface area contributed by atoms with Crippen LogP contribution in [-0.4, -0.2) is 15.7 Å². The fourth-order valence-corrected chi connectivity index (χ4v) is 1.50. The van der Waals surface area contributed by atoms with Crippen LogP contribution in [0.2, 0.25) is 0 Å². The quantitative estimate of drug-likeness (QED) is 0.769. The van der Waals surface area contributed by atoms with Crippen LogP contribution < -0.4 is 11.1 Å². The lowest BCUT2D eigenvalue weighted by Crippen LogP contribution is -2.14. The third-order valence-corrected chi connectivity index (χ3v) is 2.59. The average Bonchev–Trinajstić information content (AvgIpc) is 2.68. The zero-order valence-corrected chi connectivity index (χ0v) is 9.77. The topological polar surface area (TPSA) is 72.9 Å². The van der Waals surface area contributed by atoms with Gasteiger partial charge in [-0.2, -0.15) is 5.10 Å². The Morgan fingerprint density at radius 3 is 2.76 bits per heavy atom. The molecule has 1 heterocycles. The molecule has 17 heavy (non-hydrogen) atoms. The van der Waals surface area contributed by atoms with Gasteiger partial charge >= 0.3 is 0 Å². The molecule has 0 unspecified atom stereocenters. The number of hydrogen-bond donors (Lipinski definition) is 2. The maximum absolute atomic E-state index is 11.9. The van der Waals surface area contributed by atoms with Crippen LogP contribution >= 0.6 is 0 Å². The molecule has 88 valence electrons. The lowest BCUT2D eigenvalue weighted by atomic mass is 10.1. The smallest absolute Gasteiger partial charge is 0.256 e. The fourth-order valence-electron chi connectivity index (χ4n) is 1.50. The Balaban J connectivity index is 2.20. The minimum atomic E-state index is -0.170. The minimum Gasteiger partial charge on any atom is -0.399 e. The Labute approximate surface area is 99.2 Å². The minimum absolute atomic E-state index is 0.170. The van der Waals surface area contributed by atoms with Gasteiger partial charge in [0.15, 0.2) is 0 Å². The standard InChI is InChI=1S/C12H14N4O/c1-8-7-9(3-4-10(8)13)12(17)15-11-5-6-14-16(11)2/h3-7H,13H2,1-2H3,(H,15,17). The second kappa shape index (κ2) is 4.29. The number of amides is 1. The summed E-state index contributed by atoms with van der Waals surface area (Å²) in [4.78, 5) is 11.9. The second-order valence-electron chi connectivity index (χ2n) is 3.87. The summed E-state index contributed by atoms with van der Waals surface area (Å²) in [5.41, 5.74) is 7.86. The number of benzene rings is 1. The molecule has 0 fully saturated rings. The molecule has 0 atom stereocenters.